The predicted octanol–water partition coefficient (Wildman–Crippen LogP) is 2.89. The van der Waals surface area contributed by atoms with Crippen molar-refractivity contribution < 1.29 is 0 Å². The maximum Gasteiger partial charge on any atom is 0.263 e. The Morgan fingerprint density at radius 1 is 1.22 bits per heavy atom. The molecule has 0 amide bonds. The molecule has 0 atom stereocenters. The molecule has 1 aliphatic rings. The summed E-state index contributed by atoms with van der Waals surface area (Å²) < 4.78 is 1.84. The Kier molecular flexibility index (Phi) is 3.73. The molecule has 0 unspecified atom stereocenters. The molecule has 3 heterocycles. The van der Waals surface area contributed by atoms with Crippen LogP contribution in [0.5, 0.6) is 0 Å². The summed E-state index contributed by atoms with van der Waals surface area (Å²) in [5, 5.41) is 4.93. The maximum absolute atomic E-state index is 12.4. The first-order chi connectivity index (χ1) is 10.7. The first-order valence-corrected chi connectivity index (χ1v) is 8.41. The number of aromatic amines is 1. The van der Waals surface area contributed by atoms with E-state index < -0.39 is 0 Å². The van der Waals surface area contributed by atoms with Crippen molar-refractivity contribution in [1.82, 2.24) is 19.7 Å². The number of hydrogen-bond donors (Lipinski definition) is 1. The van der Waals surface area contributed by atoms with E-state index in [9.17, 15) is 4.79 Å². The monoisotopic (exact) mass is 317 g/mol. The molecule has 0 aromatic carbocycles. The van der Waals surface area contributed by atoms with Gasteiger partial charge in [0.2, 0.25) is 5.95 Å². The zero-order valence-electron chi connectivity index (χ0n) is 14.8. The standard InChI is InChI=1S/C17H27N5O/c1-16(2,3)22-13-12(11-18-22)14(23)20-15(19-13)21-9-6-7-17(4,5)8-10-21/h11H,6-10H2,1-5H3,(H,19,20,23). The number of fused-ring (bicyclic) bond motifs is 1. The molecular weight excluding hydrogens is 290 g/mol. The average molecular weight is 317 g/mol. The van der Waals surface area contributed by atoms with Crippen molar-refractivity contribution in [2.75, 3.05) is 18.0 Å². The van der Waals surface area contributed by atoms with Gasteiger partial charge in [-0.25, -0.2) is 4.68 Å². The number of hydrogen-bond acceptors (Lipinski definition) is 4. The van der Waals surface area contributed by atoms with Gasteiger partial charge in [0.25, 0.3) is 5.56 Å². The molecule has 23 heavy (non-hydrogen) atoms. The van der Waals surface area contributed by atoms with Crippen molar-refractivity contribution in [1.29, 1.82) is 0 Å². The normalized spacial score (nSPS) is 19.1. The second-order valence-corrected chi connectivity index (χ2v) is 8.36. The predicted molar refractivity (Wildman–Crippen MR) is 93.0 cm³/mol. The molecule has 1 aliphatic heterocycles. The van der Waals surface area contributed by atoms with Crippen LogP contribution in [0.4, 0.5) is 5.95 Å². The van der Waals surface area contributed by atoms with E-state index >= 15 is 0 Å². The first-order valence-electron chi connectivity index (χ1n) is 8.41. The lowest BCUT2D eigenvalue weighted by Gasteiger charge is -2.24. The molecule has 2 aromatic heterocycles. The lowest BCUT2D eigenvalue weighted by atomic mass is 9.85. The summed E-state index contributed by atoms with van der Waals surface area (Å²) in [5.74, 6) is 0.672. The quantitative estimate of drug-likeness (QED) is 0.878. The summed E-state index contributed by atoms with van der Waals surface area (Å²) in [6.07, 6.45) is 5.04. The molecule has 1 fully saturated rings. The number of rotatable bonds is 1. The highest BCUT2D eigenvalue weighted by Gasteiger charge is 2.25. The first kappa shape index (κ1) is 16.0. The van der Waals surface area contributed by atoms with Gasteiger partial charge >= 0.3 is 0 Å². The van der Waals surface area contributed by atoms with Gasteiger partial charge in [0, 0.05) is 13.1 Å². The van der Waals surface area contributed by atoms with Crippen molar-refractivity contribution >= 4 is 17.0 Å². The van der Waals surface area contributed by atoms with Crippen LogP contribution < -0.4 is 10.5 Å². The molecule has 0 radical (unpaired) electrons. The van der Waals surface area contributed by atoms with Gasteiger partial charge in [-0.1, -0.05) is 13.8 Å². The van der Waals surface area contributed by atoms with Crippen LogP contribution in [0, 0.1) is 5.41 Å². The van der Waals surface area contributed by atoms with Gasteiger partial charge in [-0.15, -0.1) is 0 Å². The van der Waals surface area contributed by atoms with Gasteiger partial charge < -0.3 is 4.90 Å². The van der Waals surface area contributed by atoms with Crippen LogP contribution in [0.3, 0.4) is 0 Å². The Labute approximate surface area is 136 Å². The number of nitrogens with one attached hydrogen (secondary N) is 1. The fourth-order valence-corrected chi connectivity index (χ4v) is 3.18. The zero-order valence-corrected chi connectivity index (χ0v) is 14.8. The van der Waals surface area contributed by atoms with E-state index in [0.29, 0.717) is 22.4 Å². The van der Waals surface area contributed by atoms with Gasteiger partial charge in [0.1, 0.15) is 5.39 Å². The molecule has 0 aliphatic carbocycles. The Hall–Kier alpha value is -1.85. The fraction of sp³-hybridized carbons (Fsp3) is 0.706. The van der Waals surface area contributed by atoms with Gasteiger partial charge in [0.15, 0.2) is 5.65 Å². The van der Waals surface area contributed by atoms with Crippen LogP contribution in [0.25, 0.3) is 11.0 Å². The van der Waals surface area contributed by atoms with Crippen LogP contribution in [-0.4, -0.2) is 32.8 Å². The fourth-order valence-electron chi connectivity index (χ4n) is 3.18. The van der Waals surface area contributed by atoms with E-state index in [2.05, 4.69) is 49.6 Å². The number of nitrogens with zero attached hydrogens (tertiary/aromatic N) is 4. The summed E-state index contributed by atoms with van der Waals surface area (Å²) in [7, 11) is 0. The van der Waals surface area contributed by atoms with E-state index in [4.69, 9.17) is 4.98 Å². The lowest BCUT2D eigenvalue weighted by Crippen LogP contribution is -2.30. The van der Waals surface area contributed by atoms with Crippen molar-refractivity contribution in [2.45, 2.75) is 59.4 Å². The van der Waals surface area contributed by atoms with Crippen molar-refractivity contribution in [3.8, 4) is 0 Å². The van der Waals surface area contributed by atoms with Crippen LogP contribution in [0.1, 0.15) is 53.9 Å². The third-order valence-electron chi connectivity index (χ3n) is 4.70. The Balaban J connectivity index is 2.03. The number of anilines is 1. The highest BCUT2D eigenvalue weighted by atomic mass is 16.1. The van der Waals surface area contributed by atoms with Gasteiger partial charge in [-0.3, -0.25) is 9.78 Å². The SMILES string of the molecule is CC1(C)CCCN(c2nc3c(cnn3C(C)(C)C)c(=O)[nH]2)CC1. The molecule has 1 saturated heterocycles. The molecule has 1 N–H and O–H groups in total. The molecule has 126 valence electrons. The largest absolute Gasteiger partial charge is 0.342 e. The van der Waals surface area contributed by atoms with E-state index in [1.165, 1.54) is 6.42 Å². The minimum atomic E-state index is -0.208. The third-order valence-corrected chi connectivity index (χ3v) is 4.70. The highest BCUT2D eigenvalue weighted by molar-refractivity contribution is 5.74. The van der Waals surface area contributed by atoms with Crippen molar-refractivity contribution in [3.63, 3.8) is 0 Å². The number of H-pyrrole nitrogens is 1. The Morgan fingerprint density at radius 3 is 2.65 bits per heavy atom. The summed E-state index contributed by atoms with van der Waals surface area (Å²) in [6, 6.07) is 0. The molecule has 6 nitrogen and oxygen atoms in total. The maximum atomic E-state index is 12.4. The molecule has 0 saturated carbocycles. The van der Waals surface area contributed by atoms with Crippen molar-refractivity contribution in [2.24, 2.45) is 5.41 Å². The molecule has 3 rings (SSSR count). The third kappa shape index (κ3) is 3.12. The van der Waals surface area contributed by atoms with Crippen LogP contribution in [0.2, 0.25) is 0 Å². The van der Waals surface area contributed by atoms with Gasteiger partial charge in [-0.2, -0.15) is 10.1 Å². The smallest absolute Gasteiger partial charge is 0.263 e. The van der Waals surface area contributed by atoms with Crippen LogP contribution in [-0.2, 0) is 5.54 Å². The zero-order chi connectivity index (χ0) is 16.8. The average Bonchev–Trinajstić information content (AvgIpc) is 2.78. The molecule has 0 spiro atoms. The Bertz CT molecular complexity index is 765. The minimum Gasteiger partial charge on any atom is -0.342 e. The Morgan fingerprint density at radius 2 is 1.96 bits per heavy atom. The topological polar surface area (TPSA) is 66.8 Å². The number of aromatic nitrogens is 4. The molecule has 0 bridgehead atoms. The van der Waals surface area contributed by atoms with Crippen LogP contribution >= 0.6 is 0 Å². The second kappa shape index (κ2) is 5.35. The summed E-state index contributed by atoms with van der Waals surface area (Å²) in [6.45, 7) is 12.7. The van der Waals surface area contributed by atoms with Crippen LogP contribution in [0.15, 0.2) is 11.0 Å². The summed E-state index contributed by atoms with van der Waals surface area (Å²) in [4.78, 5) is 22.3. The summed E-state index contributed by atoms with van der Waals surface area (Å²) in [5.41, 5.74) is 0.705. The van der Waals surface area contributed by atoms with E-state index in [-0.39, 0.29) is 11.1 Å². The molecular formula is C17H27N5O. The second-order valence-electron chi connectivity index (χ2n) is 8.36. The van der Waals surface area contributed by atoms with Gasteiger partial charge in [0.05, 0.1) is 11.7 Å². The molecule has 6 heteroatoms. The minimum absolute atomic E-state index is 0.107. The molecule has 2 aromatic rings. The van der Waals surface area contributed by atoms with E-state index in [1.54, 1.807) is 6.20 Å². The highest BCUT2D eigenvalue weighted by Crippen LogP contribution is 2.31. The van der Waals surface area contributed by atoms with E-state index in [1.807, 2.05) is 4.68 Å². The van der Waals surface area contributed by atoms with Gasteiger partial charge in [-0.05, 0) is 45.4 Å². The summed E-state index contributed by atoms with van der Waals surface area (Å²) >= 11 is 0. The lowest BCUT2D eigenvalue weighted by molar-refractivity contribution is 0.325. The van der Waals surface area contributed by atoms with Crippen molar-refractivity contribution in [3.05, 3.63) is 16.6 Å². The van der Waals surface area contributed by atoms with E-state index in [0.717, 1.165) is 25.9 Å².